The summed E-state index contributed by atoms with van der Waals surface area (Å²) in [7, 11) is 0. The maximum absolute atomic E-state index is 14.0. The molecule has 4 heterocycles. The molecular formula is C29H45N7O10S. The molecule has 7 N–H and O–H groups in total. The minimum Gasteiger partial charge on any atom is -0.480 e. The number of amides is 6. The lowest BCUT2D eigenvalue weighted by Crippen LogP contribution is -2.59. The number of carbonyl (C=O) groups is 7. The second-order valence-electron chi connectivity index (χ2n) is 12.4. The van der Waals surface area contributed by atoms with Crippen molar-refractivity contribution in [1.29, 1.82) is 0 Å². The van der Waals surface area contributed by atoms with Crippen LogP contribution in [0.1, 0.15) is 51.4 Å². The smallest absolute Gasteiger partial charge is 0.327 e. The average molecular weight is 684 g/mol. The van der Waals surface area contributed by atoms with Crippen LogP contribution in [-0.4, -0.2) is 164 Å². The van der Waals surface area contributed by atoms with Crippen molar-refractivity contribution < 1.29 is 48.9 Å². The van der Waals surface area contributed by atoms with Crippen LogP contribution in [0, 0.1) is 0 Å². The predicted octanol–water partition coefficient (Wildman–Crippen LogP) is -3.75. The Balaban J connectivity index is 1.43. The molecule has 0 radical (unpaired) electrons. The number of thiol groups is 1. The molecule has 4 saturated heterocycles. The zero-order valence-corrected chi connectivity index (χ0v) is 27.1. The third-order valence-corrected chi connectivity index (χ3v) is 9.79. The molecule has 0 bridgehead atoms. The van der Waals surface area contributed by atoms with Gasteiger partial charge >= 0.3 is 5.97 Å². The lowest BCUT2D eigenvalue weighted by molar-refractivity contribution is -0.153. The minimum absolute atomic E-state index is 0.117. The maximum Gasteiger partial charge on any atom is 0.327 e. The lowest BCUT2D eigenvalue weighted by atomic mass is 10.1. The zero-order chi connectivity index (χ0) is 34.4. The summed E-state index contributed by atoms with van der Waals surface area (Å²) in [4.78, 5) is 97.1. The van der Waals surface area contributed by atoms with Crippen LogP contribution in [0.4, 0.5) is 0 Å². The highest BCUT2D eigenvalue weighted by atomic mass is 32.1. The quantitative estimate of drug-likeness (QED) is 0.0986. The molecule has 0 aromatic heterocycles. The van der Waals surface area contributed by atoms with E-state index in [4.69, 9.17) is 10.8 Å². The van der Waals surface area contributed by atoms with E-state index in [0.29, 0.717) is 57.9 Å². The van der Waals surface area contributed by atoms with Gasteiger partial charge in [-0.05, 0) is 51.4 Å². The Kier molecular flexibility index (Phi) is 12.4. The summed E-state index contributed by atoms with van der Waals surface area (Å²) in [6.45, 7) is -0.348. The third kappa shape index (κ3) is 7.81. The molecule has 262 valence electrons. The van der Waals surface area contributed by atoms with Crippen molar-refractivity contribution in [3.05, 3.63) is 0 Å². The fraction of sp³-hybridized carbons (Fsp3) is 0.759. The zero-order valence-electron chi connectivity index (χ0n) is 26.2. The number of aliphatic carboxylic acids is 1. The molecule has 4 rings (SSSR count). The van der Waals surface area contributed by atoms with E-state index in [1.54, 1.807) is 0 Å². The van der Waals surface area contributed by atoms with Crippen molar-refractivity contribution in [3.8, 4) is 0 Å². The Bertz CT molecular complexity index is 1240. The van der Waals surface area contributed by atoms with Gasteiger partial charge in [-0.1, -0.05) is 0 Å². The first-order valence-electron chi connectivity index (χ1n) is 16.1. The lowest BCUT2D eigenvalue weighted by Gasteiger charge is -2.36. The van der Waals surface area contributed by atoms with Crippen molar-refractivity contribution in [3.63, 3.8) is 0 Å². The molecule has 0 unspecified atom stereocenters. The molecule has 0 aromatic rings. The highest BCUT2D eigenvalue weighted by molar-refractivity contribution is 7.80. The van der Waals surface area contributed by atoms with E-state index in [-0.39, 0.29) is 31.3 Å². The van der Waals surface area contributed by atoms with Gasteiger partial charge in [0.05, 0.1) is 13.2 Å². The number of nitrogens with zero attached hydrogens (tertiary/aromatic N) is 4. The van der Waals surface area contributed by atoms with Gasteiger partial charge in [0.1, 0.15) is 42.3 Å². The van der Waals surface area contributed by atoms with Gasteiger partial charge in [-0.15, -0.1) is 0 Å². The van der Waals surface area contributed by atoms with Crippen LogP contribution in [0.5, 0.6) is 0 Å². The van der Waals surface area contributed by atoms with Gasteiger partial charge in [-0.25, -0.2) is 4.79 Å². The van der Waals surface area contributed by atoms with E-state index < -0.39 is 91.0 Å². The fourth-order valence-corrected chi connectivity index (χ4v) is 7.19. The van der Waals surface area contributed by atoms with Gasteiger partial charge in [0, 0.05) is 31.9 Å². The van der Waals surface area contributed by atoms with E-state index in [1.807, 2.05) is 0 Å². The maximum atomic E-state index is 14.0. The summed E-state index contributed by atoms with van der Waals surface area (Å²) in [5.41, 5.74) is 5.51. The number of hydrogen-bond donors (Lipinski definition) is 7. The molecule has 6 amide bonds. The summed E-state index contributed by atoms with van der Waals surface area (Å²) >= 11 is 3.98. The number of nitrogens with one attached hydrogen (secondary N) is 2. The van der Waals surface area contributed by atoms with Crippen molar-refractivity contribution in [2.24, 2.45) is 5.73 Å². The molecule has 47 heavy (non-hydrogen) atoms. The van der Waals surface area contributed by atoms with Gasteiger partial charge in [-0.3, -0.25) is 28.8 Å². The first-order chi connectivity index (χ1) is 22.4. The minimum atomic E-state index is -1.37. The summed E-state index contributed by atoms with van der Waals surface area (Å²) in [6, 6.07) is -7.34. The Morgan fingerprint density at radius 2 is 1.09 bits per heavy atom. The summed E-state index contributed by atoms with van der Waals surface area (Å²) < 4.78 is 0. The van der Waals surface area contributed by atoms with Crippen LogP contribution < -0.4 is 16.4 Å². The number of aliphatic hydroxyl groups excluding tert-OH is 2. The second kappa shape index (κ2) is 16.1. The van der Waals surface area contributed by atoms with Crippen LogP contribution >= 0.6 is 12.6 Å². The monoisotopic (exact) mass is 683 g/mol. The van der Waals surface area contributed by atoms with Gasteiger partial charge < -0.3 is 51.3 Å². The van der Waals surface area contributed by atoms with Crippen LogP contribution in [-0.2, 0) is 33.6 Å². The van der Waals surface area contributed by atoms with Crippen molar-refractivity contribution in [2.45, 2.75) is 93.7 Å². The summed E-state index contributed by atoms with van der Waals surface area (Å²) in [5, 5.41) is 33.0. The standard InChI is InChI=1S/C29H45N7O10S/c30-16(13-37)23(39)31-17(14-38)25(41)34-10-2-6-20(34)27(43)36-12-4-8-22(36)28(44)35-11-3-7-21(35)26(42)33-9-1-5-19(33)24(40)32-18(15-47)29(45)46/h16-22,37-38,47H,1-15,30H2,(H,31,39)(H,32,40)(H,45,46)/t16-,17-,18-,19-,20-,21-,22-/m0/s1. The predicted molar refractivity (Wildman–Crippen MR) is 166 cm³/mol. The van der Waals surface area contributed by atoms with Gasteiger partial charge in [-0.2, -0.15) is 12.6 Å². The van der Waals surface area contributed by atoms with E-state index >= 15 is 0 Å². The van der Waals surface area contributed by atoms with Crippen LogP contribution in [0.2, 0.25) is 0 Å². The van der Waals surface area contributed by atoms with Crippen molar-refractivity contribution >= 4 is 54.0 Å². The van der Waals surface area contributed by atoms with Gasteiger partial charge in [0.15, 0.2) is 0 Å². The van der Waals surface area contributed by atoms with Gasteiger partial charge in [0.25, 0.3) is 0 Å². The van der Waals surface area contributed by atoms with Crippen molar-refractivity contribution in [1.82, 2.24) is 30.2 Å². The number of nitrogens with two attached hydrogens (primary N) is 1. The third-order valence-electron chi connectivity index (χ3n) is 9.43. The molecule has 0 aliphatic carbocycles. The number of carboxylic acid groups (broad SMARTS) is 1. The van der Waals surface area contributed by atoms with E-state index in [0.717, 1.165) is 0 Å². The number of carboxylic acids is 1. The largest absolute Gasteiger partial charge is 0.480 e. The van der Waals surface area contributed by atoms with Gasteiger partial charge in [0.2, 0.25) is 35.4 Å². The normalized spacial score (nSPS) is 26.2. The topological polar surface area (TPSA) is 243 Å². The Morgan fingerprint density at radius 3 is 1.51 bits per heavy atom. The molecule has 0 saturated carbocycles. The number of hydrogen-bond acceptors (Lipinski definition) is 11. The molecule has 4 fully saturated rings. The van der Waals surface area contributed by atoms with Crippen LogP contribution in [0.15, 0.2) is 0 Å². The molecule has 4 aliphatic heterocycles. The SMILES string of the molecule is N[C@@H](CO)C(=O)N[C@@H](CO)C(=O)N1CCC[C@H]1C(=O)N1CCC[C@H]1C(=O)N1CCC[C@H]1C(=O)N1CCC[C@H]1C(=O)N[C@@H](CS)C(=O)O. The fourth-order valence-electron chi connectivity index (χ4n) is 6.94. The van der Waals surface area contributed by atoms with Crippen LogP contribution in [0.3, 0.4) is 0 Å². The molecule has 18 heteroatoms. The Morgan fingerprint density at radius 1 is 0.660 bits per heavy atom. The Hall–Kier alpha value is -3.48. The second-order valence-corrected chi connectivity index (χ2v) is 12.7. The first-order valence-corrected chi connectivity index (χ1v) is 16.7. The molecule has 17 nitrogen and oxygen atoms in total. The number of likely N-dealkylation sites (tertiary alicyclic amines) is 4. The highest BCUT2D eigenvalue weighted by Crippen LogP contribution is 2.30. The van der Waals surface area contributed by atoms with E-state index in [2.05, 4.69) is 23.3 Å². The van der Waals surface area contributed by atoms with Crippen molar-refractivity contribution in [2.75, 3.05) is 45.1 Å². The molecule has 7 atom stereocenters. The van der Waals surface area contributed by atoms with E-state index in [1.165, 1.54) is 19.6 Å². The summed E-state index contributed by atoms with van der Waals surface area (Å²) in [5.74, 6) is -4.66. The molecule has 0 aromatic carbocycles. The first kappa shape index (κ1) is 36.4. The number of aliphatic hydroxyl groups is 2. The molecule has 0 spiro atoms. The number of carbonyl (C=O) groups excluding carboxylic acids is 6. The highest BCUT2D eigenvalue weighted by Gasteiger charge is 2.48. The molecular weight excluding hydrogens is 638 g/mol. The summed E-state index contributed by atoms with van der Waals surface area (Å²) in [6.07, 6.45) is 3.54. The average Bonchev–Trinajstić information content (AvgIpc) is 3.90. The molecule has 4 aliphatic rings. The Labute approximate surface area is 277 Å². The number of rotatable bonds is 12. The van der Waals surface area contributed by atoms with Crippen LogP contribution in [0.25, 0.3) is 0 Å². The van der Waals surface area contributed by atoms with E-state index in [9.17, 15) is 43.8 Å².